The van der Waals surface area contributed by atoms with Crippen molar-refractivity contribution >= 4 is 11.6 Å². The highest BCUT2D eigenvalue weighted by Gasteiger charge is 2.38. The second-order valence-electron chi connectivity index (χ2n) is 4.04. The third kappa shape index (κ3) is 3.06. The van der Waals surface area contributed by atoms with E-state index in [1.54, 1.807) is 0 Å². The Hall–Kier alpha value is -0.840. The van der Waals surface area contributed by atoms with Crippen LogP contribution in [0, 0.1) is 11.8 Å². The Morgan fingerprint density at radius 1 is 1.20 bits per heavy atom. The van der Waals surface area contributed by atoms with Gasteiger partial charge in [-0.25, -0.2) is 8.78 Å². The summed E-state index contributed by atoms with van der Waals surface area (Å²) in [4.78, 5) is 23.9. The van der Waals surface area contributed by atoms with Crippen LogP contribution in [0.5, 0.6) is 0 Å². The molecule has 1 rings (SSSR count). The van der Waals surface area contributed by atoms with Gasteiger partial charge in [0.2, 0.25) is 0 Å². The van der Waals surface area contributed by atoms with Crippen molar-refractivity contribution in [3.05, 3.63) is 0 Å². The number of hydrogen-bond donors (Lipinski definition) is 0. The molecule has 0 aliphatic carbocycles. The van der Waals surface area contributed by atoms with Gasteiger partial charge < -0.3 is 0 Å². The number of Topliss-reactive ketones (excluding diaryl/α,β-unsaturated/α-hetero) is 2. The molecule has 0 bridgehead atoms. The van der Waals surface area contributed by atoms with Crippen molar-refractivity contribution in [2.45, 2.75) is 20.3 Å². The van der Waals surface area contributed by atoms with Crippen molar-refractivity contribution in [3.8, 4) is 0 Å². The van der Waals surface area contributed by atoms with Crippen molar-refractivity contribution in [2.24, 2.45) is 11.8 Å². The molecule has 1 fully saturated rings. The molecule has 0 radical (unpaired) electrons. The number of ketones is 2. The Kier molecular flexibility index (Phi) is 3.90. The molecule has 0 aromatic heterocycles. The maximum absolute atomic E-state index is 12.1. The molecule has 1 aliphatic heterocycles. The van der Waals surface area contributed by atoms with Crippen molar-refractivity contribution in [1.82, 2.24) is 4.90 Å². The topological polar surface area (TPSA) is 37.4 Å². The van der Waals surface area contributed by atoms with Crippen LogP contribution in [0.15, 0.2) is 0 Å². The summed E-state index contributed by atoms with van der Waals surface area (Å²) in [5, 5.41) is 0. The summed E-state index contributed by atoms with van der Waals surface area (Å²) >= 11 is 0. The molecule has 3 nitrogen and oxygen atoms in total. The molecule has 0 unspecified atom stereocenters. The number of rotatable bonds is 4. The van der Waals surface area contributed by atoms with Crippen LogP contribution in [-0.2, 0) is 9.59 Å². The van der Waals surface area contributed by atoms with Crippen LogP contribution in [0.4, 0.5) is 8.78 Å². The van der Waals surface area contributed by atoms with Crippen LogP contribution in [0.3, 0.4) is 0 Å². The zero-order chi connectivity index (χ0) is 11.6. The van der Waals surface area contributed by atoms with E-state index in [0.717, 1.165) is 0 Å². The molecule has 5 heteroatoms. The molecule has 0 amide bonds. The molecule has 0 N–H and O–H groups in total. The van der Waals surface area contributed by atoms with Crippen molar-refractivity contribution in [3.63, 3.8) is 0 Å². The summed E-state index contributed by atoms with van der Waals surface area (Å²) in [5.74, 6) is -0.985. The number of carbonyl (C=O) groups is 2. The minimum absolute atomic E-state index is 0.0908. The van der Waals surface area contributed by atoms with Gasteiger partial charge in [-0.15, -0.1) is 0 Å². The predicted molar refractivity (Wildman–Crippen MR) is 50.8 cm³/mol. The first kappa shape index (κ1) is 12.2. The second kappa shape index (κ2) is 4.79. The second-order valence-corrected chi connectivity index (χ2v) is 4.04. The van der Waals surface area contributed by atoms with E-state index < -0.39 is 18.3 Å². The molecule has 86 valence electrons. The third-order valence-corrected chi connectivity index (χ3v) is 2.84. The van der Waals surface area contributed by atoms with Gasteiger partial charge in [-0.1, -0.05) is 0 Å². The summed E-state index contributed by atoms with van der Waals surface area (Å²) < 4.78 is 24.3. The fourth-order valence-electron chi connectivity index (χ4n) is 2.05. The fraction of sp³-hybridized carbons (Fsp3) is 0.800. The minimum Gasteiger partial charge on any atom is -0.300 e. The van der Waals surface area contributed by atoms with Crippen LogP contribution < -0.4 is 0 Å². The lowest BCUT2D eigenvalue weighted by molar-refractivity contribution is -0.128. The van der Waals surface area contributed by atoms with Gasteiger partial charge in [-0.05, 0) is 13.8 Å². The fourth-order valence-corrected chi connectivity index (χ4v) is 2.05. The molecule has 15 heavy (non-hydrogen) atoms. The van der Waals surface area contributed by atoms with Crippen LogP contribution in [0.1, 0.15) is 13.8 Å². The average Bonchev–Trinajstić information content (AvgIpc) is 2.46. The standard InChI is InChI=1S/C10H15F2NO2/c1-6(14)8-3-13(5-10(11)12)4-9(8)7(2)15/h8-10H,3-5H2,1-2H3/t8-,9-/m0/s1. The Labute approximate surface area is 87.4 Å². The third-order valence-electron chi connectivity index (χ3n) is 2.84. The van der Waals surface area contributed by atoms with Gasteiger partial charge in [-0.2, -0.15) is 0 Å². The smallest absolute Gasteiger partial charge is 0.251 e. The number of likely N-dealkylation sites (tertiary alicyclic amines) is 1. The van der Waals surface area contributed by atoms with Gasteiger partial charge in [-0.3, -0.25) is 14.5 Å². The van der Waals surface area contributed by atoms with E-state index in [9.17, 15) is 18.4 Å². The largest absolute Gasteiger partial charge is 0.300 e. The SMILES string of the molecule is CC(=O)[C@@H]1CN(CC(F)F)C[C@H]1C(C)=O. The number of alkyl halides is 2. The first-order chi connectivity index (χ1) is 6.91. The summed E-state index contributed by atoms with van der Waals surface area (Å²) in [6.45, 7) is 3.03. The van der Waals surface area contributed by atoms with E-state index in [2.05, 4.69) is 0 Å². The lowest BCUT2D eigenvalue weighted by Crippen LogP contribution is -2.27. The Bertz CT molecular complexity index is 246. The van der Waals surface area contributed by atoms with E-state index in [1.807, 2.05) is 0 Å². The van der Waals surface area contributed by atoms with Gasteiger partial charge in [0.25, 0.3) is 6.43 Å². The van der Waals surface area contributed by atoms with Crippen molar-refractivity contribution in [2.75, 3.05) is 19.6 Å². The number of nitrogens with zero attached hydrogens (tertiary/aromatic N) is 1. The maximum Gasteiger partial charge on any atom is 0.251 e. The molecular formula is C10H15F2NO2. The van der Waals surface area contributed by atoms with Gasteiger partial charge >= 0.3 is 0 Å². The zero-order valence-electron chi connectivity index (χ0n) is 8.87. The molecule has 1 saturated heterocycles. The quantitative estimate of drug-likeness (QED) is 0.707. The number of halogens is 2. The molecule has 0 saturated carbocycles. The van der Waals surface area contributed by atoms with Gasteiger partial charge in [0.1, 0.15) is 11.6 Å². The van der Waals surface area contributed by atoms with E-state index in [-0.39, 0.29) is 31.2 Å². The monoisotopic (exact) mass is 219 g/mol. The van der Waals surface area contributed by atoms with Gasteiger partial charge in [0.15, 0.2) is 0 Å². The molecular weight excluding hydrogens is 204 g/mol. The van der Waals surface area contributed by atoms with Crippen molar-refractivity contribution in [1.29, 1.82) is 0 Å². The highest BCUT2D eigenvalue weighted by molar-refractivity contribution is 5.88. The highest BCUT2D eigenvalue weighted by atomic mass is 19.3. The van der Waals surface area contributed by atoms with E-state index in [1.165, 1.54) is 18.7 Å². The summed E-state index contributed by atoms with van der Waals surface area (Å²) in [5.41, 5.74) is 0. The molecule has 0 spiro atoms. The molecule has 0 aromatic carbocycles. The highest BCUT2D eigenvalue weighted by Crippen LogP contribution is 2.25. The zero-order valence-corrected chi connectivity index (χ0v) is 8.87. The van der Waals surface area contributed by atoms with Crippen LogP contribution in [-0.4, -0.2) is 42.5 Å². The Morgan fingerprint density at radius 3 is 1.87 bits per heavy atom. The van der Waals surface area contributed by atoms with E-state index in [4.69, 9.17) is 0 Å². The van der Waals surface area contributed by atoms with Crippen LogP contribution in [0.2, 0.25) is 0 Å². The first-order valence-corrected chi connectivity index (χ1v) is 4.93. The Morgan fingerprint density at radius 2 is 1.60 bits per heavy atom. The molecule has 2 atom stereocenters. The first-order valence-electron chi connectivity index (χ1n) is 4.93. The predicted octanol–water partition coefficient (Wildman–Crippen LogP) is 0.978. The Balaban J connectivity index is 2.65. The number of hydrogen-bond acceptors (Lipinski definition) is 3. The maximum atomic E-state index is 12.1. The molecule has 1 aliphatic rings. The lowest BCUT2D eigenvalue weighted by Gasteiger charge is -2.13. The van der Waals surface area contributed by atoms with Crippen LogP contribution >= 0.6 is 0 Å². The lowest BCUT2D eigenvalue weighted by atomic mass is 9.90. The van der Waals surface area contributed by atoms with Crippen molar-refractivity contribution < 1.29 is 18.4 Å². The molecule has 0 aromatic rings. The van der Waals surface area contributed by atoms with E-state index in [0.29, 0.717) is 0 Å². The van der Waals surface area contributed by atoms with Crippen LogP contribution in [0.25, 0.3) is 0 Å². The van der Waals surface area contributed by atoms with Gasteiger partial charge in [0, 0.05) is 24.9 Å². The average molecular weight is 219 g/mol. The summed E-state index contributed by atoms with van der Waals surface area (Å²) in [6, 6.07) is 0. The molecule has 1 heterocycles. The summed E-state index contributed by atoms with van der Waals surface area (Å²) in [6.07, 6.45) is -2.41. The van der Waals surface area contributed by atoms with E-state index >= 15 is 0 Å². The minimum atomic E-state index is -2.41. The summed E-state index contributed by atoms with van der Waals surface area (Å²) in [7, 11) is 0. The van der Waals surface area contributed by atoms with Gasteiger partial charge in [0.05, 0.1) is 6.54 Å². The normalized spacial score (nSPS) is 27.3. The number of carbonyl (C=O) groups excluding carboxylic acids is 2.